The van der Waals surface area contributed by atoms with E-state index in [1.54, 1.807) is 13.8 Å². The van der Waals surface area contributed by atoms with Gasteiger partial charge in [-0.3, -0.25) is 9.59 Å². The minimum absolute atomic E-state index is 0.124. The molecule has 1 fully saturated rings. The molecule has 9 heteroatoms. The highest BCUT2D eigenvalue weighted by atomic mass is 32.2. The lowest BCUT2D eigenvalue weighted by molar-refractivity contribution is -0.139. The normalized spacial score (nSPS) is 16.8. The summed E-state index contributed by atoms with van der Waals surface area (Å²) in [6, 6.07) is 12.9. The third kappa shape index (κ3) is 5.30. The summed E-state index contributed by atoms with van der Waals surface area (Å²) in [5.41, 5.74) is 3.17. The highest BCUT2D eigenvalue weighted by molar-refractivity contribution is 7.89. The van der Waals surface area contributed by atoms with E-state index in [0.717, 1.165) is 11.1 Å². The molecule has 0 bridgehead atoms. The second-order valence-corrected chi connectivity index (χ2v) is 9.37. The van der Waals surface area contributed by atoms with E-state index in [2.05, 4.69) is 10.6 Å². The minimum atomic E-state index is -3.82. The average molecular weight is 446 g/mol. The van der Waals surface area contributed by atoms with Gasteiger partial charge in [0.05, 0.1) is 18.0 Å². The number of benzene rings is 2. The Balaban J connectivity index is 1.63. The van der Waals surface area contributed by atoms with Crippen LogP contribution >= 0.6 is 0 Å². The zero-order valence-electron chi connectivity index (χ0n) is 17.8. The monoisotopic (exact) mass is 445 g/mol. The molecule has 2 amide bonds. The van der Waals surface area contributed by atoms with E-state index in [1.807, 2.05) is 49.4 Å². The Bertz CT molecular complexity index is 1050. The van der Waals surface area contributed by atoms with Gasteiger partial charge in [-0.25, -0.2) is 8.42 Å². The van der Waals surface area contributed by atoms with Gasteiger partial charge in [-0.1, -0.05) is 48.0 Å². The topological polar surface area (TPSA) is 105 Å². The van der Waals surface area contributed by atoms with Gasteiger partial charge in [0.25, 0.3) is 0 Å². The van der Waals surface area contributed by atoms with Crippen molar-refractivity contribution >= 4 is 21.8 Å². The van der Waals surface area contributed by atoms with Crippen molar-refractivity contribution in [2.24, 2.45) is 0 Å². The molecule has 0 radical (unpaired) electrons. The molecule has 2 aromatic carbocycles. The Labute approximate surface area is 182 Å². The van der Waals surface area contributed by atoms with Gasteiger partial charge in [-0.2, -0.15) is 4.31 Å². The van der Waals surface area contributed by atoms with E-state index in [4.69, 9.17) is 4.74 Å². The molecule has 3 rings (SSSR count). The smallest absolute Gasteiger partial charge is 0.309 e. The van der Waals surface area contributed by atoms with Crippen molar-refractivity contribution in [3.05, 3.63) is 64.7 Å². The van der Waals surface area contributed by atoms with Gasteiger partial charge in [0.1, 0.15) is 6.23 Å². The molecule has 0 aliphatic carbocycles. The van der Waals surface area contributed by atoms with Gasteiger partial charge in [0, 0.05) is 13.1 Å². The zero-order chi connectivity index (χ0) is 22.6. The van der Waals surface area contributed by atoms with Crippen molar-refractivity contribution < 1.29 is 22.7 Å². The van der Waals surface area contributed by atoms with Crippen molar-refractivity contribution in [3.63, 3.8) is 0 Å². The van der Waals surface area contributed by atoms with E-state index in [1.165, 1.54) is 4.31 Å². The quantitative estimate of drug-likeness (QED) is 0.654. The predicted octanol–water partition coefficient (Wildman–Crippen LogP) is 1.39. The van der Waals surface area contributed by atoms with Crippen LogP contribution in [0.2, 0.25) is 0 Å². The molecule has 166 valence electrons. The minimum Gasteiger partial charge on any atom is -0.359 e. The Hall–Kier alpha value is -2.75. The van der Waals surface area contributed by atoms with Crippen molar-refractivity contribution in [3.8, 4) is 0 Å². The highest BCUT2D eigenvalue weighted by Crippen LogP contribution is 2.28. The molecule has 31 heavy (non-hydrogen) atoms. The van der Waals surface area contributed by atoms with Crippen molar-refractivity contribution in [1.82, 2.24) is 14.9 Å². The third-order valence-electron chi connectivity index (χ3n) is 5.05. The molecule has 0 saturated carbocycles. The molecule has 1 aliphatic rings. The predicted molar refractivity (Wildman–Crippen MR) is 116 cm³/mol. The molecule has 2 N–H and O–H groups in total. The SMILES string of the molecule is Cc1cc(C)c(S(=O)(=O)N2CCOC2CNC(=O)C(=O)NCc2ccccc2)c(C)c1. The summed E-state index contributed by atoms with van der Waals surface area (Å²) in [4.78, 5) is 24.4. The van der Waals surface area contributed by atoms with Crippen molar-refractivity contribution in [2.75, 3.05) is 19.7 Å². The van der Waals surface area contributed by atoms with E-state index in [0.29, 0.717) is 11.1 Å². The maximum absolute atomic E-state index is 13.3. The van der Waals surface area contributed by atoms with Gasteiger partial charge < -0.3 is 15.4 Å². The van der Waals surface area contributed by atoms with E-state index in [9.17, 15) is 18.0 Å². The fraction of sp³-hybridized carbons (Fsp3) is 0.364. The summed E-state index contributed by atoms with van der Waals surface area (Å²) < 4.78 is 33.4. The Morgan fingerprint density at radius 3 is 2.29 bits per heavy atom. The molecule has 0 aromatic heterocycles. The van der Waals surface area contributed by atoms with Gasteiger partial charge in [0.15, 0.2) is 0 Å². The molecular formula is C22H27N3O5S. The number of amides is 2. The molecule has 2 aromatic rings. The lowest BCUT2D eigenvalue weighted by atomic mass is 10.1. The van der Waals surface area contributed by atoms with E-state index >= 15 is 0 Å². The molecule has 1 aliphatic heterocycles. The first-order valence-electron chi connectivity index (χ1n) is 10.0. The first-order chi connectivity index (χ1) is 14.7. The number of sulfonamides is 1. The van der Waals surface area contributed by atoms with Crippen LogP contribution < -0.4 is 10.6 Å². The molecule has 1 saturated heterocycles. The van der Waals surface area contributed by atoms with Crippen molar-refractivity contribution in [2.45, 2.75) is 38.4 Å². The Morgan fingerprint density at radius 2 is 1.65 bits per heavy atom. The molecule has 0 spiro atoms. The maximum atomic E-state index is 13.3. The first-order valence-corrected chi connectivity index (χ1v) is 11.5. The summed E-state index contributed by atoms with van der Waals surface area (Å²) in [6.07, 6.45) is -0.879. The standard InChI is InChI=1S/C22H27N3O5S/c1-15-11-16(2)20(17(3)12-15)31(28,29)25-9-10-30-19(25)14-24-22(27)21(26)23-13-18-7-5-4-6-8-18/h4-8,11-12,19H,9-10,13-14H2,1-3H3,(H,23,26)(H,24,27). The van der Waals surface area contributed by atoms with Crippen LogP contribution in [0, 0.1) is 20.8 Å². The number of nitrogens with zero attached hydrogens (tertiary/aromatic N) is 1. The average Bonchev–Trinajstić information content (AvgIpc) is 3.19. The van der Waals surface area contributed by atoms with Gasteiger partial charge >= 0.3 is 11.8 Å². The largest absolute Gasteiger partial charge is 0.359 e. The van der Waals surface area contributed by atoms with Gasteiger partial charge in [0.2, 0.25) is 10.0 Å². The summed E-state index contributed by atoms with van der Waals surface area (Å²) in [7, 11) is -3.82. The molecule has 1 heterocycles. The number of carbonyl (C=O) groups excluding carboxylic acids is 2. The second-order valence-electron chi connectivity index (χ2n) is 7.55. The molecule has 8 nitrogen and oxygen atoms in total. The van der Waals surface area contributed by atoms with Crippen LogP contribution in [-0.4, -0.2) is 50.5 Å². The van der Waals surface area contributed by atoms with Crippen molar-refractivity contribution in [1.29, 1.82) is 0 Å². The van der Waals surface area contributed by atoms with Crippen LogP contribution in [0.4, 0.5) is 0 Å². The van der Waals surface area contributed by atoms with E-state index < -0.39 is 28.1 Å². The number of ether oxygens (including phenoxy) is 1. The van der Waals surface area contributed by atoms with Crippen LogP contribution in [0.5, 0.6) is 0 Å². The number of carbonyl (C=O) groups is 2. The second kappa shape index (κ2) is 9.59. The fourth-order valence-corrected chi connectivity index (χ4v) is 5.68. The summed E-state index contributed by atoms with van der Waals surface area (Å²) in [6.45, 7) is 5.92. The van der Waals surface area contributed by atoms with Gasteiger partial charge in [-0.15, -0.1) is 0 Å². The number of nitrogens with one attached hydrogen (secondary N) is 2. The number of hydrogen-bond donors (Lipinski definition) is 2. The van der Waals surface area contributed by atoms with Crippen LogP contribution in [0.15, 0.2) is 47.4 Å². The van der Waals surface area contributed by atoms with Crippen LogP contribution in [0.3, 0.4) is 0 Å². The van der Waals surface area contributed by atoms with Crippen LogP contribution in [0.1, 0.15) is 22.3 Å². The number of rotatable bonds is 6. The highest BCUT2D eigenvalue weighted by Gasteiger charge is 2.38. The number of aryl methyl sites for hydroxylation is 3. The maximum Gasteiger partial charge on any atom is 0.309 e. The lowest BCUT2D eigenvalue weighted by Crippen LogP contribution is -2.47. The zero-order valence-corrected chi connectivity index (χ0v) is 18.7. The molecular weight excluding hydrogens is 418 g/mol. The number of hydrogen-bond acceptors (Lipinski definition) is 5. The molecule has 1 unspecified atom stereocenters. The van der Waals surface area contributed by atoms with Crippen LogP contribution in [-0.2, 0) is 30.9 Å². The summed E-state index contributed by atoms with van der Waals surface area (Å²) in [5.74, 6) is -1.63. The van der Waals surface area contributed by atoms with Crippen LogP contribution in [0.25, 0.3) is 0 Å². The lowest BCUT2D eigenvalue weighted by Gasteiger charge is -2.24. The first kappa shape index (κ1) is 22.9. The summed E-state index contributed by atoms with van der Waals surface area (Å²) >= 11 is 0. The fourth-order valence-electron chi connectivity index (χ4n) is 3.75. The third-order valence-corrected chi connectivity index (χ3v) is 7.25. The Kier molecular flexibility index (Phi) is 7.09. The summed E-state index contributed by atoms with van der Waals surface area (Å²) in [5, 5.41) is 5.01. The molecule has 1 atom stereocenters. The van der Waals surface area contributed by atoms with E-state index in [-0.39, 0.29) is 31.1 Å². The Morgan fingerprint density at radius 1 is 1.03 bits per heavy atom. The van der Waals surface area contributed by atoms with Gasteiger partial charge in [-0.05, 0) is 37.5 Å².